The van der Waals surface area contributed by atoms with Crippen molar-refractivity contribution in [3.8, 4) is 0 Å². The first-order valence-corrected chi connectivity index (χ1v) is 21.7. The van der Waals surface area contributed by atoms with Crippen molar-refractivity contribution in [2.45, 2.75) is 188 Å². The summed E-state index contributed by atoms with van der Waals surface area (Å²) in [4.78, 5) is 0. The molecular weight excluding hydrogens is 577 g/mol. The smallest absolute Gasteiger partial charge is 0.373 e. The SMILES string of the molecule is CCCCCCO[Si](OCCCCCC)(OCCCCCC)C(CCN)C(N)CC[Si](OC(C)C)(OC(C)C)OC(C)C. The van der Waals surface area contributed by atoms with Gasteiger partial charge in [0.1, 0.15) is 0 Å². The number of rotatable bonds is 31. The van der Waals surface area contributed by atoms with E-state index in [0.29, 0.717) is 45.3 Å². The fraction of sp³-hybridized carbons (Fsp3) is 1.00. The van der Waals surface area contributed by atoms with Gasteiger partial charge in [-0.25, -0.2) is 0 Å². The van der Waals surface area contributed by atoms with Crippen molar-refractivity contribution < 1.29 is 26.6 Å². The second kappa shape index (κ2) is 26.2. The minimum atomic E-state index is -3.19. The maximum absolute atomic E-state index is 7.14. The molecule has 0 aliphatic carbocycles. The molecule has 4 N–H and O–H groups in total. The van der Waals surface area contributed by atoms with E-state index in [0.717, 1.165) is 38.5 Å². The van der Waals surface area contributed by atoms with E-state index in [2.05, 4.69) is 20.8 Å². The van der Waals surface area contributed by atoms with Crippen LogP contribution in [0.25, 0.3) is 0 Å². The molecule has 260 valence electrons. The van der Waals surface area contributed by atoms with Gasteiger partial charge in [-0.3, -0.25) is 0 Å². The second-order valence-electron chi connectivity index (χ2n) is 12.9. The van der Waals surface area contributed by atoms with Crippen LogP contribution in [0.4, 0.5) is 0 Å². The van der Waals surface area contributed by atoms with Gasteiger partial charge in [0.15, 0.2) is 0 Å². The maximum Gasteiger partial charge on any atom is 0.505 e. The Kier molecular flexibility index (Phi) is 26.3. The molecule has 0 rings (SSSR count). The largest absolute Gasteiger partial charge is 0.505 e. The topological polar surface area (TPSA) is 107 Å². The summed E-state index contributed by atoms with van der Waals surface area (Å²) >= 11 is 0. The van der Waals surface area contributed by atoms with Crippen LogP contribution in [-0.4, -0.2) is 68.3 Å². The van der Waals surface area contributed by atoms with Crippen molar-refractivity contribution in [2.75, 3.05) is 26.4 Å². The van der Waals surface area contributed by atoms with Gasteiger partial charge in [0, 0.05) is 55.8 Å². The summed E-state index contributed by atoms with van der Waals surface area (Å²) in [6.45, 7) is 21.3. The molecule has 0 aromatic rings. The lowest BCUT2D eigenvalue weighted by Crippen LogP contribution is -2.57. The maximum atomic E-state index is 7.14. The van der Waals surface area contributed by atoms with Crippen molar-refractivity contribution in [3.05, 3.63) is 0 Å². The highest BCUT2D eigenvalue weighted by Gasteiger charge is 2.53. The third kappa shape index (κ3) is 20.1. The Morgan fingerprint density at radius 3 is 1.21 bits per heavy atom. The fourth-order valence-corrected chi connectivity index (χ4v) is 12.1. The summed E-state index contributed by atoms with van der Waals surface area (Å²) in [6, 6.07) is 0.379. The van der Waals surface area contributed by atoms with Gasteiger partial charge < -0.3 is 38.0 Å². The van der Waals surface area contributed by atoms with Gasteiger partial charge in [0.25, 0.3) is 0 Å². The average molecular weight is 651 g/mol. The summed E-state index contributed by atoms with van der Waals surface area (Å²) in [7, 11) is -6.21. The fourth-order valence-electron chi connectivity index (χ4n) is 5.39. The van der Waals surface area contributed by atoms with Crippen LogP contribution in [0.15, 0.2) is 0 Å². The third-order valence-electron chi connectivity index (χ3n) is 7.38. The molecule has 0 spiro atoms. The standard InChI is InChI=1S/C33H74N2O6Si2/c1-10-13-16-19-25-36-43(37-26-20-17-14-11-2,38-27-21-18-15-12-3)33(22-24-34)32(35)23-28-42(39-29(4)5,40-30(6)7)41-31(8)9/h29-33H,10-28,34-35H2,1-9H3. The molecule has 0 aliphatic heterocycles. The quantitative estimate of drug-likeness (QED) is 0.0569. The van der Waals surface area contributed by atoms with Crippen LogP contribution >= 0.6 is 0 Å². The molecule has 0 amide bonds. The Hall–Kier alpha value is 0.114. The molecule has 43 heavy (non-hydrogen) atoms. The highest BCUT2D eigenvalue weighted by Crippen LogP contribution is 2.36. The lowest BCUT2D eigenvalue weighted by molar-refractivity contribution is 0.00187. The van der Waals surface area contributed by atoms with E-state index in [-0.39, 0.29) is 29.9 Å². The summed E-state index contributed by atoms with van der Waals surface area (Å²) < 4.78 is 39.9. The summed E-state index contributed by atoms with van der Waals surface area (Å²) in [6.07, 6.45) is 14.9. The van der Waals surface area contributed by atoms with Crippen molar-refractivity contribution in [3.63, 3.8) is 0 Å². The van der Waals surface area contributed by atoms with E-state index < -0.39 is 17.6 Å². The van der Waals surface area contributed by atoms with Crippen LogP contribution < -0.4 is 11.5 Å². The molecule has 10 heteroatoms. The predicted molar refractivity (Wildman–Crippen MR) is 185 cm³/mol. The van der Waals surface area contributed by atoms with Crippen LogP contribution in [0.3, 0.4) is 0 Å². The van der Waals surface area contributed by atoms with Gasteiger partial charge in [-0.15, -0.1) is 0 Å². The third-order valence-corrected chi connectivity index (χ3v) is 14.2. The summed E-state index contributed by atoms with van der Waals surface area (Å²) in [5.41, 5.74) is 13.3. The van der Waals surface area contributed by atoms with Gasteiger partial charge in [-0.1, -0.05) is 78.6 Å². The van der Waals surface area contributed by atoms with Crippen LogP contribution in [0.5, 0.6) is 0 Å². The highest BCUT2D eigenvalue weighted by molar-refractivity contribution is 6.63. The molecule has 8 nitrogen and oxygen atoms in total. The monoisotopic (exact) mass is 651 g/mol. The van der Waals surface area contributed by atoms with E-state index in [9.17, 15) is 0 Å². The van der Waals surface area contributed by atoms with Crippen molar-refractivity contribution >= 4 is 17.6 Å². The Morgan fingerprint density at radius 2 is 0.907 bits per heavy atom. The summed E-state index contributed by atoms with van der Waals surface area (Å²) in [5, 5.41) is 0. The zero-order valence-corrected chi connectivity index (χ0v) is 31.9. The van der Waals surface area contributed by atoms with Gasteiger partial charge in [-0.2, -0.15) is 0 Å². The number of nitrogens with two attached hydrogens (primary N) is 2. The molecule has 0 aromatic heterocycles. The lowest BCUT2D eigenvalue weighted by atomic mass is 10.1. The van der Waals surface area contributed by atoms with Crippen LogP contribution in [0, 0.1) is 0 Å². The molecule has 0 aromatic carbocycles. The van der Waals surface area contributed by atoms with Crippen LogP contribution in [-0.2, 0) is 26.6 Å². The Morgan fingerprint density at radius 1 is 0.535 bits per heavy atom. The first-order valence-electron chi connectivity index (χ1n) is 17.9. The normalized spacial score (nSPS) is 14.4. The Labute approximate surface area is 269 Å². The molecular formula is C33H74N2O6Si2. The molecule has 0 saturated heterocycles. The van der Waals surface area contributed by atoms with Gasteiger partial charge in [0.05, 0.1) is 0 Å². The first kappa shape index (κ1) is 43.1. The van der Waals surface area contributed by atoms with E-state index in [1.54, 1.807) is 0 Å². The van der Waals surface area contributed by atoms with Crippen LogP contribution in [0.1, 0.15) is 152 Å². The first-order chi connectivity index (χ1) is 20.5. The molecule has 0 saturated carbocycles. The predicted octanol–water partition coefficient (Wildman–Crippen LogP) is 8.37. The van der Waals surface area contributed by atoms with E-state index in [4.69, 9.17) is 38.0 Å². The average Bonchev–Trinajstić information content (AvgIpc) is 2.93. The Bertz CT molecular complexity index is 568. The van der Waals surface area contributed by atoms with Gasteiger partial charge >= 0.3 is 17.6 Å². The molecule has 2 unspecified atom stereocenters. The second-order valence-corrected chi connectivity index (χ2v) is 18.3. The van der Waals surface area contributed by atoms with E-state index in [1.165, 1.54) is 38.5 Å². The zero-order chi connectivity index (χ0) is 32.6. The number of hydrogen-bond acceptors (Lipinski definition) is 8. The van der Waals surface area contributed by atoms with Gasteiger partial charge in [-0.05, 0) is 80.2 Å². The van der Waals surface area contributed by atoms with Crippen molar-refractivity contribution in [1.82, 2.24) is 0 Å². The lowest BCUT2D eigenvalue weighted by Gasteiger charge is -2.40. The number of unbranched alkanes of at least 4 members (excludes halogenated alkanes) is 9. The van der Waals surface area contributed by atoms with Crippen LogP contribution in [0.2, 0.25) is 11.6 Å². The number of hydrogen-bond donors (Lipinski definition) is 2. The molecule has 0 bridgehead atoms. The zero-order valence-electron chi connectivity index (χ0n) is 29.9. The van der Waals surface area contributed by atoms with Crippen molar-refractivity contribution in [1.29, 1.82) is 0 Å². The van der Waals surface area contributed by atoms with E-state index in [1.807, 2.05) is 41.5 Å². The van der Waals surface area contributed by atoms with Crippen molar-refractivity contribution in [2.24, 2.45) is 11.5 Å². The molecule has 0 radical (unpaired) electrons. The minimum Gasteiger partial charge on any atom is -0.373 e. The highest BCUT2D eigenvalue weighted by atomic mass is 28.4. The van der Waals surface area contributed by atoms with E-state index >= 15 is 0 Å². The van der Waals surface area contributed by atoms with Gasteiger partial charge in [0.2, 0.25) is 0 Å². The molecule has 0 fully saturated rings. The molecule has 2 atom stereocenters. The Balaban J connectivity index is 6.24. The minimum absolute atomic E-state index is 0.0157. The summed E-state index contributed by atoms with van der Waals surface area (Å²) in [5.74, 6) is 0. The molecule has 0 heterocycles. The molecule has 0 aliphatic rings.